The maximum atomic E-state index is 6.00. The van der Waals surface area contributed by atoms with Gasteiger partial charge in [0.2, 0.25) is 0 Å². The van der Waals surface area contributed by atoms with Gasteiger partial charge in [0.25, 0.3) is 0 Å². The number of hydrogen-bond donors (Lipinski definition) is 4. The van der Waals surface area contributed by atoms with Crippen LogP contribution >= 0.6 is 0 Å². The average molecular weight is 120 g/mol. The topological polar surface area (TPSA) is 80.9 Å². The summed E-state index contributed by atoms with van der Waals surface area (Å²) in [6.45, 7) is 0. The predicted octanol–water partition coefficient (Wildman–Crippen LogP) is 0.0323. The van der Waals surface area contributed by atoms with Crippen LogP contribution in [0.4, 0.5) is 0 Å². The normalized spacial score (nSPS) is 2.40. The van der Waals surface area contributed by atoms with E-state index in [1.165, 1.54) is 0 Å². The van der Waals surface area contributed by atoms with Crippen molar-refractivity contribution in [1.29, 1.82) is 0 Å². The van der Waals surface area contributed by atoms with Gasteiger partial charge < -0.3 is 0 Å². The van der Waals surface area contributed by atoms with Gasteiger partial charge in [-0.05, 0) is 0 Å². The van der Waals surface area contributed by atoms with Crippen molar-refractivity contribution in [3.63, 3.8) is 0 Å². The fourth-order valence-corrected chi connectivity index (χ4v) is 0. The van der Waals surface area contributed by atoms with Crippen LogP contribution in [0.3, 0.4) is 0 Å². The van der Waals surface area contributed by atoms with Crippen LogP contribution in [0.1, 0.15) is 0 Å². The molecule has 0 heterocycles. The van der Waals surface area contributed by atoms with Crippen molar-refractivity contribution in [3.05, 3.63) is 0 Å². The van der Waals surface area contributed by atoms with Gasteiger partial charge in [-0.3, -0.25) is 21.0 Å². The van der Waals surface area contributed by atoms with E-state index in [9.17, 15) is 0 Å². The minimum atomic E-state index is 0. The zero-order chi connectivity index (χ0) is 4.00. The van der Waals surface area contributed by atoms with Crippen molar-refractivity contribution in [2.24, 2.45) is 0 Å². The SMILES string of the molecule is OO.OO.[Cr]. The van der Waals surface area contributed by atoms with Crippen LogP contribution in [-0.2, 0) is 17.4 Å². The molecule has 0 saturated carbocycles. The molecular formula is H4CrO4. The molecule has 0 fully saturated rings. The van der Waals surface area contributed by atoms with Crippen molar-refractivity contribution in [3.8, 4) is 0 Å². The molecule has 0 aliphatic heterocycles. The van der Waals surface area contributed by atoms with Gasteiger partial charge in [-0.15, -0.1) is 0 Å². The summed E-state index contributed by atoms with van der Waals surface area (Å²) >= 11 is 0. The van der Waals surface area contributed by atoms with E-state index in [0.717, 1.165) is 0 Å². The summed E-state index contributed by atoms with van der Waals surface area (Å²) in [6.07, 6.45) is 0. The molecule has 0 atom stereocenters. The van der Waals surface area contributed by atoms with Gasteiger partial charge in [0.15, 0.2) is 0 Å². The minimum Gasteiger partial charge on any atom is -0.255 e. The fraction of sp³-hybridized carbons (Fsp3) is 0. The second-order valence-electron chi connectivity index (χ2n) is 0. The van der Waals surface area contributed by atoms with E-state index in [0.29, 0.717) is 0 Å². The summed E-state index contributed by atoms with van der Waals surface area (Å²) in [6, 6.07) is 0. The fourth-order valence-electron chi connectivity index (χ4n) is 0. The summed E-state index contributed by atoms with van der Waals surface area (Å²) in [5.41, 5.74) is 0. The van der Waals surface area contributed by atoms with Gasteiger partial charge in [-0.25, -0.2) is 0 Å². The molecule has 0 spiro atoms. The third-order valence-electron chi connectivity index (χ3n) is 0. The second-order valence-corrected chi connectivity index (χ2v) is 0. The van der Waals surface area contributed by atoms with Crippen LogP contribution in [0.5, 0.6) is 0 Å². The van der Waals surface area contributed by atoms with Crippen molar-refractivity contribution in [2.45, 2.75) is 0 Å². The Bertz CT molecular complexity index is 3.61. The quantitative estimate of drug-likeness (QED) is 0.268. The van der Waals surface area contributed by atoms with Crippen LogP contribution < -0.4 is 0 Å². The van der Waals surface area contributed by atoms with Crippen LogP contribution in [0.2, 0.25) is 0 Å². The molecule has 0 saturated heterocycles. The van der Waals surface area contributed by atoms with Gasteiger partial charge >= 0.3 is 0 Å². The van der Waals surface area contributed by atoms with Crippen molar-refractivity contribution in [1.82, 2.24) is 0 Å². The molecule has 4 N–H and O–H groups in total. The molecule has 0 aromatic heterocycles. The Balaban J connectivity index is -0.0000000133. The summed E-state index contributed by atoms with van der Waals surface area (Å²) in [5.74, 6) is 0. The Kier molecular flexibility index (Phi) is 1310. The molecule has 5 heteroatoms. The maximum Gasteiger partial charge on any atom is 0 e. The first-order chi connectivity index (χ1) is 2.00. The van der Waals surface area contributed by atoms with E-state index < -0.39 is 0 Å². The third-order valence-corrected chi connectivity index (χ3v) is 0. The molecule has 5 heavy (non-hydrogen) atoms. The zero-order valence-electron chi connectivity index (χ0n) is 2.20. The van der Waals surface area contributed by atoms with E-state index in [-0.39, 0.29) is 17.4 Å². The average Bonchev–Trinajstić information content (AvgIpc) is 1.50. The van der Waals surface area contributed by atoms with Crippen LogP contribution in [0.15, 0.2) is 0 Å². The van der Waals surface area contributed by atoms with E-state index in [2.05, 4.69) is 0 Å². The maximum absolute atomic E-state index is 6.00. The molecule has 0 rings (SSSR count). The monoisotopic (exact) mass is 120 g/mol. The predicted molar refractivity (Wildman–Crippen MR) is 10.5 cm³/mol. The van der Waals surface area contributed by atoms with E-state index >= 15 is 0 Å². The third kappa shape index (κ3) is 177. The summed E-state index contributed by atoms with van der Waals surface area (Å²) < 4.78 is 0. The summed E-state index contributed by atoms with van der Waals surface area (Å²) in [5, 5.41) is 24.0. The van der Waals surface area contributed by atoms with Gasteiger partial charge in [0.05, 0.1) is 0 Å². The number of rotatable bonds is 0. The Morgan fingerprint density at radius 2 is 0.600 bits per heavy atom. The Morgan fingerprint density at radius 1 is 0.600 bits per heavy atom. The van der Waals surface area contributed by atoms with E-state index in [4.69, 9.17) is 21.0 Å². The van der Waals surface area contributed by atoms with Crippen LogP contribution in [-0.4, -0.2) is 21.0 Å². The molecule has 0 radical (unpaired) electrons. The number of hydrogen-bond acceptors (Lipinski definition) is 4. The van der Waals surface area contributed by atoms with Crippen molar-refractivity contribution >= 4 is 0 Å². The van der Waals surface area contributed by atoms with E-state index in [1.54, 1.807) is 0 Å². The van der Waals surface area contributed by atoms with E-state index in [1.807, 2.05) is 0 Å². The largest absolute Gasteiger partial charge is 0.255 e. The van der Waals surface area contributed by atoms with Gasteiger partial charge in [0.1, 0.15) is 0 Å². The molecule has 4 nitrogen and oxygen atoms in total. The molecular weight excluding hydrogens is 116 g/mol. The molecule has 0 aliphatic carbocycles. The molecule has 0 bridgehead atoms. The van der Waals surface area contributed by atoms with Crippen molar-refractivity contribution in [2.75, 3.05) is 0 Å². The Morgan fingerprint density at radius 3 is 0.600 bits per heavy atom. The zero-order valence-corrected chi connectivity index (χ0v) is 3.47. The first-order valence-electron chi connectivity index (χ1n) is 0.400. The molecule has 0 amide bonds. The smallest absolute Gasteiger partial charge is 0 e. The minimum absolute atomic E-state index is 0. The van der Waals surface area contributed by atoms with Gasteiger partial charge in [-0.1, -0.05) is 0 Å². The molecule has 0 aromatic carbocycles. The van der Waals surface area contributed by atoms with Gasteiger partial charge in [0, 0.05) is 17.4 Å². The Labute approximate surface area is 39.3 Å². The molecule has 0 aliphatic rings. The van der Waals surface area contributed by atoms with Crippen LogP contribution in [0, 0.1) is 0 Å². The van der Waals surface area contributed by atoms with Crippen LogP contribution in [0.25, 0.3) is 0 Å². The Hall–Kier alpha value is 0.372. The van der Waals surface area contributed by atoms with Gasteiger partial charge in [-0.2, -0.15) is 0 Å². The molecule has 34 valence electrons. The second kappa shape index (κ2) is 358. The summed E-state index contributed by atoms with van der Waals surface area (Å²) in [4.78, 5) is 0. The molecule has 0 aromatic rings. The first kappa shape index (κ1) is 18.2. The van der Waals surface area contributed by atoms with Crippen molar-refractivity contribution < 1.29 is 38.4 Å². The standard InChI is InChI=1S/Cr.2H2O2/c;2*1-2/h;2*1-2H. The first-order valence-corrected chi connectivity index (χ1v) is 0.400. The summed E-state index contributed by atoms with van der Waals surface area (Å²) in [7, 11) is 0. The molecule has 0 unspecified atom stereocenters.